The van der Waals surface area contributed by atoms with Gasteiger partial charge in [-0.1, -0.05) is 6.92 Å². The molecular weight excluding hydrogens is 392 g/mol. The summed E-state index contributed by atoms with van der Waals surface area (Å²) < 4.78 is 16.7. The molecule has 1 N–H and O–H groups in total. The Balaban J connectivity index is 1.29. The van der Waals surface area contributed by atoms with E-state index in [-0.39, 0.29) is 12.5 Å². The number of fused-ring (bicyclic) bond motifs is 1. The molecule has 1 amide bonds. The lowest BCUT2D eigenvalue weighted by atomic mass is 9.89. The van der Waals surface area contributed by atoms with Gasteiger partial charge in [-0.05, 0) is 73.2 Å². The van der Waals surface area contributed by atoms with Crippen LogP contribution in [0.5, 0.6) is 17.2 Å². The van der Waals surface area contributed by atoms with Crippen molar-refractivity contribution in [1.29, 1.82) is 0 Å². The molecule has 0 unspecified atom stereocenters. The lowest BCUT2D eigenvalue weighted by molar-refractivity contribution is -0.134. The molecule has 0 radical (unpaired) electrons. The lowest BCUT2D eigenvalue weighted by Gasteiger charge is -2.32. The van der Waals surface area contributed by atoms with Crippen molar-refractivity contribution in [3.63, 3.8) is 0 Å². The Morgan fingerprint density at radius 3 is 2.39 bits per heavy atom. The number of piperidine rings is 1. The monoisotopic (exact) mass is 422 g/mol. The summed E-state index contributed by atoms with van der Waals surface area (Å²) in [6.45, 7) is 4.31. The van der Waals surface area contributed by atoms with Crippen LogP contribution in [0, 0.1) is 0 Å². The minimum atomic E-state index is 0.0327. The SMILES string of the molecule is CCCOc1ccc(OCC(=O)N2CCC(c3c[nH]c4ccc(OC)cc34)CC2)cc1. The van der Waals surface area contributed by atoms with Crippen LogP contribution in [0.2, 0.25) is 0 Å². The van der Waals surface area contributed by atoms with Crippen molar-refractivity contribution < 1.29 is 19.0 Å². The van der Waals surface area contributed by atoms with Crippen molar-refractivity contribution in [2.45, 2.75) is 32.1 Å². The molecular formula is C25H30N2O4. The van der Waals surface area contributed by atoms with E-state index in [1.165, 1.54) is 10.9 Å². The highest BCUT2D eigenvalue weighted by atomic mass is 16.5. The molecule has 0 spiro atoms. The summed E-state index contributed by atoms with van der Waals surface area (Å²) >= 11 is 0. The van der Waals surface area contributed by atoms with Gasteiger partial charge < -0.3 is 24.1 Å². The summed E-state index contributed by atoms with van der Waals surface area (Å²) in [6.07, 6.45) is 4.96. The van der Waals surface area contributed by atoms with Crippen molar-refractivity contribution in [2.24, 2.45) is 0 Å². The van der Waals surface area contributed by atoms with Crippen molar-refractivity contribution in [3.8, 4) is 17.2 Å². The second-order valence-corrected chi connectivity index (χ2v) is 7.92. The number of benzene rings is 2. The van der Waals surface area contributed by atoms with Gasteiger partial charge in [0.05, 0.1) is 13.7 Å². The van der Waals surface area contributed by atoms with E-state index < -0.39 is 0 Å². The Labute approximate surface area is 183 Å². The first-order valence-electron chi connectivity index (χ1n) is 11.0. The van der Waals surface area contributed by atoms with E-state index in [9.17, 15) is 4.79 Å². The minimum absolute atomic E-state index is 0.0327. The molecule has 0 aliphatic carbocycles. The predicted octanol–water partition coefficient (Wildman–Crippen LogP) is 4.75. The zero-order valence-corrected chi connectivity index (χ0v) is 18.2. The number of methoxy groups -OCH3 is 1. The molecule has 1 fully saturated rings. The summed E-state index contributed by atoms with van der Waals surface area (Å²) in [5.41, 5.74) is 2.43. The van der Waals surface area contributed by atoms with E-state index >= 15 is 0 Å². The van der Waals surface area contributed by atoms with E-state index in [1.54, 1.807) is 7.11 Å². The molecule has 0 bridgehead atoms. The number of nitrogens with one attached hydrogen (secondary N) is 1. The average molecular weight is 423 g/mol. The Morgan fingerprint density at radius 1 is 1.03 bits per heavy atom. The van der Waals surface area contributed by atoms with Crippen molar-refractivity contribution in [2.75, 3.05) is 33.4 Å². The van der Waals surface area contributed by atoms with Crippen molar-refractivity contribution in [1.82, 2.24) is 9.88 Å². The van der Waals surface area contributed by atoms with Crippen LogP contribution in [-0.4, -0.2) is 49.2 Å². The predicted molar refractivity (Wildman–Crippen MR) is 121 cm³/mol. The van der Waals surface area contributed by atoms with Gasteiger partial charge in [0.25, 0.3) is 5.91 Å². The molecule has 31 heavy (non-hydrogen) atoms. The highest BCUT2D eigenvalue weighted by Crippen LogP contribution is 2.34. The number of hydrogen-bond donors (Lipinski definition) is 1. The zero-order chi connectivity index (χ0) is 21.6. The molecule has 4 rings (SSSR count). The molecule has 1 aliphatic rings. The molecule has 1 saturated heterocycles. The van der Waals surface area contributed by atoms with Gasteiger partial charge in [0.1, 0.15) is 17.2 Å². The Bertz CT molecular complexity index is 1000. The van der Waals surface area contributed by atoms with Crippen molar-refractivity contribution in [3.05, 3.63) is 54.2 Å². The summed E-state index contributed by atoms with van der Waals surface area (Å²) in [4.78, 5) is 17.9. The van der Waals surface area contributed by atoms with Gasteiger partial charge in [0, 0.05) is 30.2 Å². The van der Waals surface area contributed by atoms with Crippen LogP contribution in [0.4, 0.5) is 0 Å². The summed E-state index contributed by atoms with van der Waals surface area (Å²) in [5, 5.41) is 1.21. The number of aromatic amines is 1. The first-order chi connectivity index (χ1) is 15.2. The molecule has 164 valence electrons. The second-order valence-electron chi connectivity index (χ2n) is 7.92. The smallest absolute Gasteiger partial charge is 0.260 e. The maximum absolute atomic E-state index is 12.6. The number of carbonyl (C=O) groups excluding carboxylic acids is 1. The standard InChI is InChI=1S/C25H30N2O4/c1-3-14-30-19-4-6-20(7-5-19)31-17-25(28)27-12-10-18(11-13-27)23-16-26-24-9-8-21(29-2)15-22(23)24/h4-9,15-16,18,26H,3,10-14,17H2,1-2H3. The van der Waals surface area contributed by atoms with Crippen molar-refractivity contribution >= 4 is 16.8 Å². The molecule has 0 atom stereocenters. The number of hydrogen-bond acceptors (Lipinski definition) is 4. The molecule has 1 aliphatic heterocycles. The normalized spacial score (nSPS) is 14.6. The van der Waals surface area contributed by atoms with Crippen LogP contribution in [0.15, 0.2) is 48.7 Å². The quantitative estimate of drug-likeness (QED) is 0.569. The number of H-pyrrole nitrogens is 1. The lowest BCUT2D eigenvalue weighted by Crippen LogP contribution is -2.40. The molecule has 3 aromatic rings. The van der Waals surface area contributed by atoms with E-state index in [0.29, 0.717) is 18.3 Å². The van der Waals surface area contributed by atoms with E-state index in [1.807, 2.05) is 35.2 Å². The Kier molecular flexibility index (Phi) is 6.65. The Morgan fingerprint density at radius 2 is 1.71 bits per heavy atom. The maximum Gasteiger partial charge on any atom is 0.260 e. The van der Waals surface area contributed by atoms with Gasteiger partial charge in [0.15, 0.2) is 6.61 Å². The number of aromatic nitrogens is 1. The van der Waals surface area contributed by atoms with Gasteiger partial charge in [-0.2, -0.15) is 0 Å². The van der Waals surface area contributed by atoms with Gasteiger partial charge in [-0.15, -0.1) is 0 Å². The van der Waals surface area contributed by atoms with Crippen LogP contribution in [0.25, 0.3) is 10.9 Å². The van der Waals surface area contributed by atoms with E-state index in [2.05, 4.69) is 30.2 Å². The zero-order valence-electron chi connectivity index (χ0n) is 18.2. The number of likely N-dealkylation sites (tertiary alicyclic amines) is 1. The van der Waals surface area contributed by atoms with Gasteiger partial charge in [0.2, 0.25) is 0 Å². The van der Waals surface area contributed by atoms with Crippen LogP contribution >= 0.6 is 0 Å². The third-order valence-electron chi connectivity index (χ3n) is 5.87. The summed E-state index contributed by atoms with van der Waals surface area (Å²) in [6, 6.07) is 13.5. The highest BCUT2D eigenvalue weighted by Gasteiger charge is 2.25. The van der Waals surface area contributed by atoms with Crippen LogP contribution in [0.1, 0.15) is 37.7 Å². The number of nitrogens with zero attached hydrogens (tertiary/aromatic N) is 1. The maximum atomic E-state index is 12.6. The first kappa shape index (κ1) is 21.1. The summed E-state index contributed by atoms with van der Waals surface area (Å²) in [5.74, 6) is 2.83. The Hall–Kier alpha value is -3.15. The third kappa shape index (κ3) is 4.95. The van der Waals surface area contributed by atoms with Crippen LogP contribution in [-0.2, 0) is 4.79 Å². The molecule has 6 heteroatoms. The summed E-state index contributed by atoms with van der Waals surface area (Å²) in [7, 11) is 1.69. The molecule has 2 aromatic carbocycles. The molecule has 2 heterocycles. The fourth-order valence-electron chi connectivity index (χ4n) is 4.11. The number of amides is 1. The van der Waals surface area contributed by atoms with Crippen LogP contribution < -0.4 is 14.2 Å². The average Bonchev–Trinajstić information content (AvgIpc) is 3.25. The fourth-order valence-corrected chi connectivity index (χ4v) is 4.11. The minimum Gasteiger partial charge on any atom is -0.497 e. The second kappa shape index (κ2) is 9.77. The number of rotatable bonds is 8. The molecule has 6 nitrogen and oxygen atoms in total. The molecule has 1 aromatic heterocycles. The van der Waals surface area contributed by atoms with Gasteiger partial charge >= 0.3 is 0 Å². The highest BCUT2D eigenvalue weighted by molar-refractivity contribution is 5.85. The number of ether oxygens (including phenoxy) is 3. The van der Waals surface area contributed by atoms with E-state index in [0.717, 1.165) is 49.4 Å². The van der Waals surface area contributed by atoms with Crippen LogP contribution in [0.3, 0.4) is 0 Å². The van der Waals surface area contributed by atoms with Gasteiger partial charge in [-0.3, -0.25) is 4.79 Å². The fraction of sp³-hybridized carbons (Fsp3) is 0.400. The molecule has 0 saturated carbocycles. The third-order valence-corrected chi connectivity index (χ3v) is 5.87. The van der Waals surface area contributed by atoms with E-state index in [4.69, 9.17) is 14.2 Å². The topological polar surface area (TPSA) is 63.8 Å². The first-order valence-corrected chi connectivity index (χ1v) is 11.0. The number of carbonyl (C=O) groups is 1. The van der Waals surface area contributed by atoms with Gasteiger partial charge in [-0.25, -0.2) is 0 Å². The largest absolute Gasteiger partial charge is 0.497 e.